The Labute approximate surface area is 113 Å². The molecular formula is C17H16O2. The third-order valence-electron chi connectivity index (χ3n) is 3.25. The average molecular weight is 252 g/mol. The number of aliphatic hydroxyl groups is 1. The zero-order valence-corrected chi connectivity index (χ0v) is 11.1. The topological polar surface area (TPSA) is 29.5 Å². The molecule has 2 heteroatoms. The van der Waals surface area contributed by atoms with E-state index in [0.29, 0.717) is 5.56 Å². The minimum absolute atomic E-state index is 0.658. The van der Waals surface area contributed by atoms with Crippen LogP contribution >= 0.6 is 0 Å². The number of rotatable bonds is 3. The SMILES string of the molecule is C#C[C@@](O)(c1ccc(OC)cc1)c1ccccc1C. The summed E-state index contributed by atoms with van der Waals surface area (Å²) >= 11 is 0. The highest BCUT2D eigenvalue weighted by Crippen LogP contribution is 2.32. The van der Waals surface area contributed by atoms with Crippen molar-refractivity contribution in [1.82, 2.24) is 0 Å². The summed E-state index contributed by atoms with van der Waals surface area (Å²) in [5.41, 5.74) is 0.920. The first-order valence-electron chi connectivity index (χ1n) is 6.02. The summed E-state index contributed by atoms with van der Waals surface area (Å²) in [5, 5.41) is 10.8. The fourth-order valence-electron chi connectivity index (χ4n) is 2.13. The summed E-state index contributed by atoms with van der Waals surface area (Å²) in [6, 6.07) is 14.7. The van der Waals surface area contributed by atoms with Gasteiger partial charge in [0.15, 0.2) is 5.60 Å². The van der Waals surface area contributed by atoms with Gasteiger partial charge in [-0.25, -0.2) is 0 Å². The highest BCUT2D eigenvalue weighted by molar-refractivity contribution is 5.47. The van der Waals surface area contributed by atoms with Gasteiger partial charge in [-0.1, -0.05) is 42.3 Å². The predicted octanol–water partition coefficient (Wildman–Crippen LogP) is 2.87. The number of ether oxygens (including phenoxy) is 1. The van der Waals surface area contributed by atoms with Crippen molar-refractivity contribution in [2.24, 2.45) is 0 Å². The third-order valence-corrected chi connectivity index (χ3v) is 3.25. The van der Waals surface area contributed by atoms with Crippen LogP contribution in [0.25, 0.3) is 0 Å². The lowest BCUT2D eigenvalue weighted by Crippen LogP contribution is -2.26. The quantitative estimate of drug-likeness (QED) is 0.851. The second kappa shape index (κ2) is 5.17. The highest BCUT2D eigenvalue weighted by atomic mass is 16.5. The van der Waals surface area contributed by atoms with Crippen molar-refractivity contribution >= 4 is 0 Å². The van der Waals surface area contributed by atoms with Crippen LogP contribution in [0.2, 0.25) is 0 Å². The molecule has 0 saturated carbocycles. The van der Waals surface area contributed by atoms with Gasteiger partial charge in [-0.05, 0) is 24.6 Å². The summed E-state index contributed by atoms with van der Waals surface area (Å²) in [7, 11) is 1.60. The minimum Gasteiger partial charge on any atom is -0.497 e. The van der Waals surface area contributed by atoms with Gasteiger partial charge in [0.25, 0.3) is 0 Å². The van der Waals surface area contributed by atoms with E-state index in [-0.39, 0.29) is 0 Å². The summed E-state index contributed by atoms with van der Waals surface area (Å²) in [6.07, 6.45) is 5.58. The lowest BCUT2D eigenvalue weighted by atomic mass is 9.84. The number of methoxy groups -OCH3 is 1. The van der Waals surface area contributed by atoms with Gasteiger partial charge in [-0.15, -0.1) is 6.42 Å². The Balaban J connectivity index is 2.54. The Kier molecular flexibility index (Phi) is 3.59. The lowest BCUT2D eigenvalue weighted by molar-refractivity contribution is 0.144. The molecule has 0 fully saturated rings. The number of hydrogen-bond donors (Lipinski definition) is 1. The largest absolute Gasteiger partial charge is 0.497 e. The van der Waals surface area contributed by atoms with Crippen molar-refractivity contribution in [1.29, 1.82) is 0 Å². The molecular weight excluding hydrogens is 236 g/mol. The molecule has 2 rings (SSSR count). The molecule has 0 aromatic heterocycles. The highest BCUT2D eigenvalue weighted by Gasteiger charge is 2.30. The van der Waals surface area contributed by atoms with Crippen molar-refractivity contribution in [2.45, 2.75) is 12.5 Å². The van der Waals surface area contributed by atoms with Gasteiger partial charge in [0, 0.05) is 11.1 Å². The van der Waals surface area contributed by atoms with E-state index in [0.717, 1.165) is 16.9 Å². The first-order valence-corrected chi connectivity index (χ1v) is 6.02. The maximum atomic E-state index is 10.8. The molecule has 2 nitrogen and oxygen atoms in total. The van der Waals surface area contributed by atoms with Crippen LogP contribution in [0.5, 0.6) is 5.75 Å². The van der Waals surface area contributed by atoms with Crippen LogP contribution in [0.3, 0.4) is 0 Å². The molecule has 19 heavy (non-hydrogen) atoms. The van der Waals surface area contributed by atoms with Gasteiger partial charge < -0.3 is 9.84 Å². The predicted molar refractivity (Wildman–Crippen MR) is 76.0 cm³/mol. The molecule has 0 aliphatic heterocycles. The molecule has 2 aromatic carbocycles. The average Bonchev–Trinajstić information content (AvgIpc) is 2.47. The van der Waals surface area contributed by atoms with Gasteiger partial charge in [-0.3, -0.25) is 0 Å². The Bertz CT molecular complexity index is 608. The van der Waals surface area contributed by atoms with Crippen LogP contribution < -0.4 is 4.74 Å². The Morgan fingerprint density at radius 1 is 1.11 bits per heavy atom. The van der Waals surface area contributed by atoms with Crippen molar-refractivity contribution in [3.63, 3.8) is 0 Å². The zero-order chi connectivity index (χ0) is 13.9. The van der Waals surface area contributed by atoms with Crippen molar-refractivity contribution in [3.8, 4) is 18.1 Å². The van der Waals surface area contributed by atoms with E-state index in [4.69, 9.17) is 11.2 Å². The van der Waals surface area contributed by atoms with Crippen LogP contribution in [0.15, 0.2) is 48.5 Å². The first-order chi connectivity index (χ1) is 9.11. The monoisotopic (exact) mass is 252 g/mol. The molecule has 0 bridgehead atoms. The van der Waals surface area contributed by atoms with Crippen LogP contribution in [-0.4, -0.2) is 12.2 Å². The fraction of sp³-hybridized carbons (Fsp3) is 0.176. The van der Waals surface area contributed by atoms with E-state index >= 15 is 0 Å². The molecule has 0 aliphatic carbocycles. The van der Waals surface area contributed by atoms with Gasteiger partial charge in [-0.2, -0.15) is 0 Å². The molecule has 0 saturated heterocycles. The van der Waals surface area contributed by atoms with Gasteiger partial charge in [0.2, 0.25) is 0 Å². The van der Waals surface area contributed by atoms with Crippen LogP contribution in [0, 0.1) is 19.3 Å². The molecule has 0 heterocycles. The summed E-state index contributed by atoms with van der Waals surface area (Å²) < 4.78 is 5.11. The Morgan fingerprint density at radius 3 is 2.26 bits per heavy atom. The number of benzene rings is 2. The molecule has 1 atom stereocenters. The number of terminal acetylenes is 1. The number of aryl methyl sites for hydroxylation is 1. The van der Waals surface area contributed by atoms with E-state index < -0.39 is 5.60 Å². The van der Waals surface area contributed by atoms with Gasteiger partial charge in [0.05, 0.1) is 7.11 Å². The Hall–Kier alpha value is -2.24. The summed E-state index contributed by atoms with van der Waals surface area (Å²) in [6.45, 7) is 1.93. The van der Waals surface area contributed by atoms with E-state index in [2.05, 4.69) is 5.92 Å². The second-order valence-electron chi connectivity index (χ2n) is 4.40. The van der Waals surface area contributed by atoms with E-state index in [1.807, 2.05) is 31.2 Å². The molecule has 0 spiro atoms. The van der Waals surface area contributed by atoms with E-state index in [9.17, 15) is 5.11 Å². The molecule has 2 aromatic rings. The van der Waals surface area contributed by atoms with E-state index in [1.54, 1.807) is 31.4 Å². The minimum atomic E-state index is -1.42. The molecule has 0 radical (unpaired) electrons. The van der Waals surface area contributed by atoms with Crippen LogP contribution in [-0.2, 0) is 5.60 Å². The second-order valence-corrected chi connectivity index (χ2v) is 4.40. The molecule has 0 unspecified atom stereocenters. The zero-order valence-electron chi connectivity index (χ0n) is 11.1. The van der Waals surface area contributed by atoms with Crippen LogP contribution in [0.1, 0.15) is 16.7 Å². The van der Waals surface area contributed by atoms with Crippen LogP contribution in [0.4, 0.5) is 0 Å². The normalized spacial score (nSPS) is 13.4. The van der Waals surface area contributed by atoms with E-state index in [1.165, 1.54) is 0 Å². The maximum Gasteiger partial charge on any atom is 0.176 e. The molecule has 0 amide bonds. The molecule has 0 aliphatic rings. The van der Waals surface area contributed by atoms with Crippen molar-refractivity contribution < 1.29 is 9.84 Å². The van der Waals surface area contributed by atoms with Gasteiger partial charge >= 0.3 is 0 Å². The van der Waals surface area contributed by atoms with Gasteiger partial charge in [0.1, 0.15) is 5.75 Å². The smallest absolute Gasteiger partial charge is 0.176 e. The standard InChI is InChI=1S/C17H16O2/c1-4-17(18,16-8-6-5-7-13(16)2)14-9-11-15(19-3)12-10-14/h1,5-12,18H,2-3H3/t17-/m1/s1. The first kappa shape index (κ1) is 13.2. The third kappa shape index (κ3) is 2.33. The Morgan fingerprint density at radius 2 is 1.74 bits per heavy atom. The summed E-state index contributed by atoms with van der Waals surface area (Å²) in [5.74, 6) is 3.23. The van der Waals surface area contributed by atoms with Crippen molar-refractivity contribution in [3.05, 3.63) is 65.2 Å². The van der Waals surface area contributed by atoms with Crippen molar-refractivity contribution in [2.75, 3.05) is 7.11 Å². The lowest BCUT2D eigenvalue weighted by Gasteiger charge is -2.25. The molecule has 96 valence electrons. The summed E-state index contributed by atoms with van der Waals surface area (Å²) in [4.78, 5) is 0. The molecule has 1 N–H and O–H groups in total. The maximum absolute atomic E-state index is 10.8. The fourth-order valence-corrected chi connectivity index (χ4v) is 2.13. The number of hydrogen-bond acceptors (Lipinski definition) is 2.